The number of rotatable bonds is 5. The van der Waals surface area contributed by atoms with Crippen LogP contribution in [0.4, 0.5) is 5.69 Å². The normalized spacial score (nSPS) is 18.4. The van der Waals surface area contributed by atoms with E-state index in [1.807, 2.05) is 17.0 Å². The minimum Gasteiger partial charge on any atom is -0.368 e. The fourth-order valence-corrected chi connectivity index (χ4v) is 4.12. The van der Waals surface area contributed by atoms with Crippen molar-refractivity contribution in [3.05, 3.63) is 48.4 Å². The number of nitrogens with one attached hydrogen (secondary N) is 1. The van der Waals surface area contributed by atoms with Gasteiger partial charge in [0, 0.05) is 77.7 Å². The number of nitrogens with zero attached hydrogens (tertiary/aromatic N) is 6. The van der Waals surface area contributed by atoms with E-state index >= 15 is 0 Å². The lowest BCUT2D eigenvalue weighted by atomic mass is 10.2. The minimum absolute atomic E-state index is 0.124. The zero-order valence-electron chi connectivity index (χ0n) is 18.1. The van der Waals surface area contributed by atoms with Gasteiger partial charge in [-0.3, -0.25) is 14.7 Å². The van der Waals surface area contributed by atoms with E-state index in [-0.39, 0.29) is 12.5 Å². The van der Waals surface area contributed by atoms with Crippen molar-refractivity contribution in [2.24, 2.45) is 4.99 Å². The Balaban J connectivity index is 1.19. The number of anilines is 1. The summed E-state index contributed by atoms with van der Waals surface area (Å²) in [7, 11) is 1.77. The molecule has 31 heavy (non-hydrogen) atoms. The van der Waals surface area contributed by atoms with Gasteiger partial charge in [0.1, 0.15) is 6.26 Å². The van der Waals surface area contributed by atoms with Crippen molar-refractivity contribution < 1.29 is 9.32 Å². The number of aliphatic imine (C=N–C) groups is 1. The number of guanidine groups is 1. The zero-order chi connectivity index (χ0) is 21.5. The highest BCUT2D eigenvalue weighted by Gasteiger charge is 2.23. The van der Waals surface area contributed by atoms with Gasteiger partial charge >= 0.3 is 0 Å². The summed E-state index contributed by atoms with van der Waals surface area (Å²) < 4.78 is 4.91. The molecule has 166 valence electrons. The highest BCUT2D eigenvalue weighted by atomic mass is 16.5. The average molecular weight is 426 g/mol. The summed E-state index contributed by atoms with van der Waals surface area (Å²) in [5.41, 5.74) is 2.17. The van der Waals surface area contributed by atoms with Gasteiger partial charge in [-0.1, -0.05) is 23.4 Å². The maximum Gasteiger partial charge on any atom is 0.242 e. The van der Waals surface area contributed by atoms with E-state index in [4.69, 9.17) is 4.52 Å². The van der Waals surface area contributed by atoms with Crippen LogP contribution in [-0.2, 0) is 11.3 Å². The molecule has 0 radical (unpaired) electrons. The number of piperazine rings is 2. The second kappa shape index (κ2) is 10.3. The van der Waals surface area contributed by atoms with Gasteiger partial charge in [0.15, 0.2) is 5.96 Å². The highest BCUT2D eigenvalue weighted by molar-refractivity contribution is 5.86. The Bertz CT molecular complexity index is 840. The molecule has 2 fully saturated rings. The van der Waals surface area contributed by atoms with Crippen molar-refractivity contribution in [1.29, 1.82) is 0 Å². The number of amides is 1. The molecule has 0 atom stereocenters. The van der Waals surface area contributed by atoms with Gasteiger partial charge in [0.25, 0.3) is 0 Å². The fourth-order valence-electron chi connectivity index (χ4n) is 4.12. The van der Waals surface area contributed by atoms with E-state index in [1.165, 1.54) is 5.69 Å². The van der Waals surface area contributed by atoms with E-state index in [0.29, 0.717) is 0 Å². The monoisotopic (exact) mass is 425 g/mol. The molecular weight excluding hydrogens is 394 g/mol. The van der Waals surface area contributed by atoms with Crippen LogP contribution in [0, 0.1) is 0 Å². The third-order valence-electron chi connectivity index (χ3n) is 5.91. The topological polar surface area (TPSA) is 80.5 Å². The summed E-state index contributed by atoms with van der Waals surface area (Å²) in [6.07, 6.45) is 1.61. The summed E-state index contributed by atoms with van der Waals surface area (Å²) in [6.45, 7) is 7.84. The van der Waals surface area contributed by atoms with Crippen LogP contribution < -0.4 is 10.2 Å². The number of hydrogen-bond acceptors (Lipinski definition) is 6. The Morgan fingerprint density at radius 1 is 1.00 bits per heavy atom. The van der Waals surface area contributed by atoms with Crippen LogP contribution in [-0.4, -0.2) is 97.7 Å². The van der Waals surface area contributed by atoms with Crippen LogP contribution in [0.25, 0.3) is 0 Å². The number of carbonyl (C=O) groups excluding carboxylic acids is 1. The van der Waals surface area contributed by atoms with E-state index in [0.717, 1.165) is 70.6 Å². The van der Waals surface area contributed by atoms with Gasteiger partial charge in [-0.15, -0.1) is 0 Å². The standard InChI is InChI=1S/C22H31N7O2/c1-23-22(29-10-8-26(9-11-29)18-19-7-16-31-25-19)24-17-21(30)28-14-12-27(13-15-28)20-5-3-2-4-6-20/h2-7,16H,8-15,17-18H2,1H3,(H,23,24). The highest BCUT2D eigenvalue weighted by Crippen LogP contribution is 2.15. The second-order valence-corrected chi connectivity index (χ2v) is 7.86. The van der Waals surface area contributed by atoms with Crippen molar-refractivity contribution in [2.45, 2.75) is 6.54 Å². The summed E-state index contributed by atoms with van der Waals surface area (Å²) in [4.78, 5) is 25.9. The molecule has 0 saturated carbocycles. The average Bonchev–Trinajstić information content (AvgIpc) is 3.34. The van der Waals surface area contributed by atoms with Crippen LogP contribution in [0.3, 0.4) is 0 Å². The molecule has 0 unspecified atom stereocenters. The number of para-hydroxylation sites is 1. The van der Waals surface area contributed by atoms with E-state index in [9.17, 15) is 4.79 Å². The summed E-state index contributed by atoms with van der Waals surface area (Å²) >= 11 is 0. The van der Waals surface area contributed by atoms with Gasteiger partial charge in [-0.2, -0.15) is 0 Å². The Hall–Kier alpha value is -3.07. The van der Waals surface area contributed by atoms with Crippen molar-refractivity contribution >= 4 is 17.6 Å². The Morgan fingerprint density at radius 2 is 1.71 bits per heavy atom. The first-order valence-electron chi connectivity index (χ1n) is 10.9. The molecule has 1 aromatic carbocycles. The van der Waals surface area contributed by atoms with E-state index in [1.54, 1.807) is 13.3 Å². The van der Waals surface area contributed by atoms with E-state index < -0.39 is 0 Å². The molecule has 2 saturated heterocycles. The molecular formula is C22H31N7O2. The van der Waals surface area contributed by atoms with Crippen molar-refractivity contribution in [2.75, 3.05) is 70.9 Å². The molecule has 2 aliphatic heterocycles. The lowest BCUT2D eigenvalue weighted by Crippen LogP contribution is -2.55. The van der Waals surface area contributed by atoms with Crippen molar-refractivity contribution in [1.82, 2.24) is 25.2 Å². The van der Waals surface area contributed by atoms with Gasteiger partial charge in [0.05, 0.1) is 12.2 Å². The van der Waals surface area contributed by atoms with E-state index in [2.05, 4.69) is 54.4 Å². The van der Waals surface area contributed by atoms with Crippen LogP contribution in [0.15, 0.2) is 52.2 Å². The lowest BCUT2D eigenvalue weighted by molar-refractivity contribution is -0.130. The third-order valence-corrected chi connectivity index (χ3v) is 5.91. The third kappa shape index (κ3) is 5.55. The van der Waals surface area contributed by atoms with Crippen molar-refractivity contribution in [3.63, 3.8) is 0 Å². The van der Waals surface area contributed by atoms with Gasteiger partial charge in [0.2, 0.25) is 5.91 Å². The summed E-state index contributed by atoms with van der Waals surface area (Å²) in [6, 6.07) is 12.3. The van der Waals surface area contributed by atoms with Crippen LogP contribution >= 0.6 is 0 Å². The SMILES string of the molecule is CN=C(NCC(=O)N1CCN(c2ccccc2)CC1)N1CCN(Cc2ccon2)CC1. The van der Waals surface area contributed by atoms with Crippen LogP contribution in [0.5, 0.6) is 0 Å². The molecule has 9 heteroatoms. The Labute approximate surface area is 183 Å². The number of hydrogen-bond donors (Lipinski definition) is 1. The smallest absolute Gasteiger partial charge is 0.242 e. The molecule has 0 aliphatic carbocycles. The number of carbonyl (C=O) groups is 1. The largest absolute Gasteiger partial charge is 0.368 e. The number of benzene rings is 1. The Morgan fingerprint density at radius 3 is 2.35 bits per heavy atom. The van der Waals surface area contributed by atoms with Crippen LogP contribution in [0.1, 0.15) is 5.69 Å². The quantitative estimate of drug-likeness (QED) is 0.558. The molecule has 1 amide bonds. The predicted molar refractivity (Wildman–Crippen MR) is 120 cm³/mol. The second-order valence-electron chi connectivity index (χ2n) is 7.86. The maximum atomic E-state index is 12.7. The molecule has 4 rings (SSSR count). The first-order chi connectivity index (χ1) is 15.2. The number of aromatic nitrogens is 1. The fraction of sp³-hybridized carbons (Fsp3) is 0.500. The predicted octanol–water partition coefficient (Wildman–Crippen LogP) is 0.716. The minimum atomic E-state index is 0.124. The molecule has 0 spiro atoms. The Kier molecular flexibility index (Phi) is 7.03. The first kappa shape index (κ1) is 21.2. The van der Waals surface area contributed by atoms with Gasteiger partial charge in [-0.25, -0.2) is 0 Å². The summed E-state index contributed by atoms with van der Waals surface area (Å²) in [5.74, 6) is 0.913. The lowest BCUT2D eigenvalue weighted by Gasteiger charge is -2.37. The molecule has 1 aromatic heterocycles. The zero-order valence-corrected chi connectivity index (χ0v) is 18.1. The molecule has 2 aromatic rings. The first-order valence-corrected chi connectivity index (χ1v) is 10.9. The molecule has 0 bridgehead atoms. The molecule has 1 N–H and O–H groups in total. The van der Waals surface area contributed by atoms with Crippen LogP contribution in [0.2, 0.25) is 0 Å². The molecule has 3 heterocycles. The molecule has 9 nitrogen and oxygen atoms in total. The maximum absolute atomic E-state index is 12.7. The molecule has 2 aliphatic rings. The van der Waals surface area contributed by atoms with Gasteiger partial charge in [-0.05, 0) is 12.1 Å². The van der Waals surface area contributed by atoms with Gasteiger partial charge < -0.3 is 24.5 Å². The summed E-state index contributed by atoms with van der Waals surface area (Å²) in [5, 5.41) is 7.25. The van der Waals surface area contributed by atoms with Crippen molar-refractivity contribution in [3.8, 4) is 0 Å².